The van der Waals surface area contributed by atoms with E-state index in [1.165, 1.54) is 25.1 Å². The summed E-state index contributed by atoms with van der Waals surface area (Å²) in [6.07, 6.45) is -3.42. The molecule has 2 unspecified atom stereocenters. The third kappa shape index (κ3) is 1.94. The number of aromatic hydroxyl groups is 1. The van der Waals surface area contributed by atoms with Crippen molar-refractivity contribution >= 4 is 17.5 Å². The van der Waals surface area contributed by atoms with Crippen LogP contribution in [-0.4, -0.2) is 61.4 Å². The Labute approximate surface area is 136 Å². The Hall–Kier alpha value is -2.29. The molecule has 1 saturated heterocycles. The molecule has 1 heterocycles. The highest BCUT2D eigenvalue weighted by Crippen LogP contribution is 2.47. The number of carboxylic acid groups (broad SMARTS) is 1. The first-order valence-electron chi connectivity index (χ1n) is 7.36. The predicted molar refractivity (Wildman–Crippen MR) is 77.9 cm³/mol. The van der Waals surface area contributed by atoms with Crippen molar-refractivity contribution in [1.29, 1.82) is 0 Å². The molecule has 3 rings (SSSR count). The average molecular weight is 336 g/mol. The Morgan fingerprint density at radius 3 is 2.58 bits per heavy atom. The minimum Gasteiger partial charge on any atom is -0.507 e. The van der Waals surface area contributed by atoms with Gasteiger partial charge < -0.3 is 25.2 Å². The monoisotopic (exact) mass is 336 g/mol. The number of aliphatic hydroxyl groups is 2. The number of Topliss-reactive ketones (excluding diaryl/α,β-unsaturated/α-hetero) is 2. The molecule has 1 aromatic rings. The highest BCUT2D eigenvalue weighted by atomic mass is 16.5. The van der Waals surface area contributed by atoms with Crippen molar-refractivity contribution in [2.45, 2.75) is 43.2 Å². The van der Waals surface area contributed by atoms with Gasteiger partial charge >= 0.3 is 5.97 Å². The van der Waals surface area contributed by atoms with Crippen LogP contribution in [0.5, 0.6) is 5.75 Å². The molecule has 2 aliphatic rings. The van der Waals surface area contributed by atoms with Crippen LogP contribution in [0.15, 0.2) is 18.2 Å². The van der Waals surface area contributed by atoms with Gasteiger partial charge in [-0.15, -0.1) is 0 Å². The van der Waals surface area contributed by atoms with Gasteiger partial charge in [0.05, 0.1) is 24.2 Å². The lowest BCUT2D eigenvalue weighted by Gasteiger charge is -2.52. The van der Waals surface area contributed by atoms with Crippen LogP contribution in [0.25, 0.3) is 0 Å². The number of hydrogen-bond donors (Lipinski definition) is 4. The quantitative estimate of drug-likeness (QED) is 0.586. The summed E-state index contributed by atoms with van der Waals surface area (Å²) in [4.78, 5) is 36.4. The van der Waals surface area contributed by atoms with E-state index in [-0.39, 0.29) is 11.1 Å². The van der Waals surface area contributed by atoms with Crippen LogP contribution in [0.4, 0.5) is 0 Å². The molecule has 0 saturated carbocycles. The van der Waals surface area contributed by atoms with Crippen molar-refractivity contribution in [3.63, 3.8) is 0 Å². The van der Waals surface area contributed by atoms with Crippen LogP contribution < -0.4 is 0 Å². The zero-order valence-corrected chi connectivity index (χ0v) is 12.7. The zero-order chi connectivity index (χ0) is 17.9. The summed E-state index contributed by atoms with van der Waals surface area (Å²) in [5.41, 5.74) is -5.72. The Kier molecular flexibility index (Phi) is 3.52. The molecule has 1 aliphatic heterocycles. The molecule has 0 amide bonds. The first-order chi connectivity index (χ1) is 11.1. The van der Waals surface area contributed by atoms with Crippen molar-refractivity contribution < 1.29 is 39.5 Å². The minimum absolute atomic E-state index is 0.213. The summed E-state index contributed by atoms with van der Waals surface area (Å²) < 4.78 is 5.36. The summed E-state index contributed by atoms with van der Waals surface area (Å²) in [6.45, 7) is 1.27. The molecule has 8 nitrogen and oxygen atoms in total. The number of ketones is 2. The number of phenols is 1. The van der Waals surface area contributed by atoms with E-state index in [2.05, 4.69) is 0 Å². The van der Waals surface area contributed by atoms with Gasteiger partial charge in [-0.2, -0.15) is 0 Å². The maximum atomic E-state index is 12.8. The smallest absolute Gasteiger partial charge is 0.305 e. The third-order valence-electron chi connectivity index (χ3n) is 4.78. The van der Waals surface area contributed by atoms with Gasteiger partial charge in [-0.25, -0.2) is 0 Å². The molecule has 24 heavy (non-hydrogen) atoms. The van der Waals surface area contributed by atoms with Crippen molar-refractivity contribution in [3.8, 4) is 5.75 Å². The maximum absolute atomic E-state index is 12.8. The van der Waals surface area contributed by atoms with Gasteiger partial charge in [0.15, 0.2) is 17.0 Å². The number of carbonyl (C=O) groups excluding carboxylic acids is 2. The van der Waals surface area contributed by atoms with Crippen LogP contribution in [0.2, 0.25) is 0 Å². The fourth-order valence-corrected chi connectivity index (χ4v) is 3.59. The highest BCUT2D eigenvalue weighted by Gasteiger charge is 2.69. The summed E-state index contributed by atoms with van der Waals surface area (Å²) in [7, 11) is 0. The largest absolute Gasteiger partial charge is 0.507 e. The fourth-order valence-electron chi connectivity index (χ4n) is 3.59. The summed E-state index contributed by atoms with van der Waals surface area (Å²) in [5.74, 6) is -3.66. The fraction of sp³-hybridized carbons (Fsp3) is 0.438. The summed E-state index contributed by atoms with van der Waals surface area (Å²) in [6, 6.07) is 3.79. The second kappa shape index (κ2) is 5.10. The van der Waals surface area contributed by atoms with Crippen LogP contribution in [0, 0.1) is 0 Å². The SMILES string of the molecule is C[C@H]1O[C@@H](CC(=O)O)CC2(O)C(=O)c3cccc(O)c3C(=O)C12O. The second-order valence-electron chi connectivity index (χ2n) is 6.19. The lowest BCUT2D eigenvalue weighted by molar-refractivity contribution is -0.228. The van der Waals surface area contributed by atoms with Gasteiger partial charge in [0.25, 0.3) is 0 Å². The molecule has 0 radical (unpaired) electrons. The molecule has 0 aromatic heterocycles. The number of hydrogen-bond acceptors (Lipinski definition) is 7. The van der Waals surface area contributed by atoms with Crippen LogP contribution in [0.3, 0.4) is 0 Å². The van der Waals surface area contributed by atoms with Gasteiger partial charge in [-0.3, -0.25) is 14.4 Å². The Morgan fingerprint density at radius 2 is 1.96 bits per heavy atom. The number of rotatable bonds is 2. The molecule has 4 atom stereocenters. The molecular weight excluding hydrogens is 320 g/mol. The number of carbonyl (C=O) groups is 3. The first kappa shape index (κ1) is 16.6. The third-order valence-corrected chi connectivity index (χ3v) is 4.78. The van der Waals surface area contributed by atoms with Gasteiger partial charge in [0.1, 0.15) is 5.75 Å². The molecule has 1 aliphatic carbocycles. The number of benzene rings is 1. The molecule has 8 heteroatoms. The van der Waals surface area contributed by atoms with E-state index < -0.39 is 59.5 Å². The maximum Gasteiger partial charge on any atom is 0.305 e. The Balaban J connectivity index is 2.18. The number of fused-ring (bicyclic) bond motifs is 2. The first-order valence-corrected chi connectivity index (χ1v) is 7.36. The van der Waals surface area contributed by atoms with E-state index in [1.54, 1.807) is 0 Å². The topological polar surface area (TPSA) is 141 Å². The number of phenolic OH excluding ortho intramolecular Hbond substituents is 1. The second-order valence-corrected chi connectivity index (χ2v) is 6.19. The van der Waals surface area contributed by atoms with Gasteiger partial charge in [-0.1, -0.05) is 12.1 Å². The molecule has 1 fully saturated rings. The van der Waals surface area contributed by atoms with Gasteiger partial charge in [0.2, 0.25) is 5.78 Å². The number of carboxylic acids is 1. The van der Waals surface area contributed by atoms with E-state index in [0.717, 1.165) is 0 Å². The standard InChI is InChI=1S/C16H16O8/c1-7-16(23)14(21)12-9(3-2-4-10(12)17)13(20)15(16,22)6-8(24-7)5-11(18)19/h2-4,7-8,17,22-23H,5-6H2,1H3,(H,18,19)/t7-,8+,15?,16?/m1/s1. The Bertz CT molecular complexity index is 756. The zero-order valence-electron chi connectivity index (χ0n) is 12.7. The van der Waals surface area contributed by atoms with E-state index in [9.17, 15) is 29.7 Å². The van der Waals surface area contributed by atoms with Crippen LogP contribution in [-0.2, 0) is 9.53 Å². The number of ether oxygens (including phenoxy) is 1. The van der Waals surface area contributed by atoms with E-state index >= 15 is 0 Å². The number of aliphatic carboxylic acids is 1. The molecule has 1 aromatic carbocycles. The molecule has 128 valence electrons. The van der Waals surface area contributed by atoms with Crippen molar-refractivity contribution in [2.75, 3.05) is 0 Å². The van der Waals surface area contributed by atoms with Crippen LogP contribution in [0.1, 0.15) is 40.5 Å². The lowest BCUT2D eigenvalue weighted by atomic mass is 9.61. The molecular formula is C16H16O8. The van der Waals surface area contributed by atoms with Crippen LogP contribution >= 0.6 is 0 Å². The van der Waals surface area contributed by atoms with Crippen molar-refractivity contribution in [2.24, 2.45) is 0 Å². The lowest BCUT2D eigenvalue weighted by Crippen LogP contribution is -2.75. The van der Waals surface area contributed by atoms with Crippen molar-refractivity contribution in [1.82, 2.24) is 0 Å². The summed E-state index contributed by atoms with van der Waals surface area (Å²) >= 11 is 0. The highest BCUT2D eigenvalue weighted by molar-refractivity contribution is 6.23. The van der Waals surface area contributed by atoms with E-state index in [1.807, 2.05) is 0 Å². The normalized spacial score (nSPS) is 35.3. The Morgan fingerprint density at radius 1 is 1.29 bits per heavy atom. The molecule has 0 bridgehead atoms. The predicted octanol–water partition coefficient (Wildman–Crippen LogP) is -0.114. The molecule has 0 spiro atoms. The summed E-state index contributed by atoms with van der Waals surface area (Å²) in [5, 5.41) is 40.6. The average Bonchev–Trinajstić information content (AvgIpc) is 2.49. The van der Waals surface area contributed by atoms with Gasteiger partial charge in [-0.05, 0) is 13.0 Å². The minimum atomic E-state index is -2.61. The van der Waals surface area contributed by atoms with E-state index in [4.69, 9.17) is 9.84 Å². The van der Waals surface area contributed by atoms with E-state index in [0.29, 0.717) is 0 Å². The molecule has 4 N–H and O–H groups in total. The van der Waals surface area contributed by atoms with Gasteiger partial charge in [0, 0.05) is 12.0 Å². The van der Waals surface area contributed by atoms with Crippen molar-refractivity contribution in [3.05, 3.63) is 29.3 Å².